The van der Waals surface area contributed by atoms with Crippen molar-refractivity contribution >= 4 is 11.5 Å². The summed E-state index contributed by atoms with van der Waals surface area (Å²) in [5.74, 6) is -0.535. The average Bonchev–Trinajstić information content (AvgIpc) is 2.27. The number of Topliss-reactive ketones (excluding diaryl/α,β-unsaturated/α-hetero) is 1. The van der Waals surface area contributed by atoms with Crippen molar-refractivity contribution in [3.05, 3.63) is 23.5 Å². The van der Waals surface area contributed by atoms with E-state index in [0.29, 0.717) is 19.4 Å². The molecule has 2 N–H and O–H groups in total. The first-order valence-electron chi connectivity index (χ1n) is 4.43. The quantitative estimate of drug-likeness (QED) is 0.642. The lowest BCUT2D eigenvalue weighted by molar-refractivity contribution is 0.0979. The summed E-state index contributed by atoms with van der Waals surface area (Å²) in [7, 11) is 0. The number of hydrogen-bond donors (Lipinski definition) is 1. The Morgan fingerprint density at radius 1 is 1.43 bits per heavy atom. The average molecular weight is 195 g/mol. The number of hydrogen-bond acceptors (Lipinski definition) is 3. The molecule has 0 saturated heterocycles. The molecular formula is C10H10FNO2. The van der Waals surface area contributed by atoms with Crippen LogP contribution in [0.15, 0.2) is 12.1 Å². The molecule has 0 atom stereocenters. The van der Waals surface area contributed by atoms with Crippen molar-refractivity contribution in [1.29, 1.82) is 0 Å². The summed E-state index contributed by atoms with van der Waals surface area (Å²) < 4.78 is 18.6. The number of benzene rings is 1. The van der Waals surface area contributed by atoms with Crippen LogP contribution in [0.25, 0.3) is 0 Å². The number of ether oxygens (including phenoxy) is 1. The van der Waals surface area contributed by atoms with Gasteiger partial charge in [-0.1, -0.05) is 0 Å². The van der Waals surface area contributed by atoms with E-state index in [9.17, 15) is 9.18 Å². The van der Waals surface area contributed by atoms with Gasteiger partial charge in [0.2, 0.25) is 0 Å². The Morgan fingerprint density at radius 3 is 3.00 bits per heavy atom. The largest absolute Gasteiger partial charge is 0.493 e. The first-order chi connectivity index (χ1) is 6.68. The predicted molar refractivity (Wildman–Crippen MR) is 49.9 cm³/mol. The van der Waals surface area contributed by atoms with Gasteiger partial charge < -0.3 is 10.5 Å². The second-order valence-electron chi connectivity index (χ2n) is 3.25. The van der Waals surface area contributed by atoms with E-state index in [2.05, 4.69) is 0 Å². The van der Waals surface area contributed by atoms with Crippen molar-refractivity contribution < 1.29 is 13.9 Å². The summed E-state index contributed by atoms with van der Waals surface area (Å²) in [5.41, 5.74) is 5.76. The van der Waals surface area contributed by atoms with E-state index in [0.717, 1.165) is 6.07 Å². The lowest BCUT2D eigenvalue weighted by Crippen LogP contribution is -2.03. The highest BCUT2D eigenvalue weighted by Gasteiger charge is 2.21. The lowest BCUT2D eigenvalue weighted by atomic mass is 10.1. The second kappa shape index (κ2) is 3.29. The lowest BCUT2D eigenvalue weighted by Gasteiger charge is -2.07. The van der Waals surface area contributed by atoms with Gasteiger partial charge >= 0.3 is 0 Å². The summed E-state index contributed by atoms with van der Waals surface area (Å²) in [6.07, 6.45) is 0.945. The Kier molecular flexibility index (Phi) is 2.11. The highest BCUT2D eigenvalue weighted by Crippen LogP contribution is 2.29. The Morgan fingerprint density at radius 2 is 2.21 bits per heavy atom. The number of rotatable bonds is 0. The van der Waals surface area contributed by atoms with Crippen molar-refractivity contribution in [3.63, 3.8) is 0 Å². The summed E-state index contributed by atoms with van der Waals surface area (Å²) >= 11 is 0. The Hall–Kier alpha value is -1.58. The topological polar surface area (TPSA) is 52.3 Å². The summed E-state index contributed by atoms with van der Waals surface area (Å²) in [6.45, 7) is 0.432. The molecule has 4 heteroatoms. The van der Waals surface area contributed by atoms with Gasteiger partial charge in [-0.25, -0.2) is 4.39 Å². The molecule has 1 aromatic rings. The van der Waals surface area contributed by atoms with Crippen LogP contribution in [0.3, 0.4) is 0 Å². The number of ketones is 1. The zero-order valence-electron chi connectivity index (χ0n) is 7.55. The van der Waals surface area contributed by atoms with Crippen LogP contribution in [0.1, 0.15) is 23.2 Å². The van der Waals surface area contributed by atoms with Crippen LogP contribution in [0.2, 0.25) is 0 Å². The van der Waals surface area contributed by atoms with E-state index in [4.69, 9.17) is 10.5 Å². The van der Waals surface area contributed by atoms with Gasteiger partial charge in [-0.3, -0.25) is 4.79 Å². The Balaban J connectivity index is 2.58. The van der Waals surface area contributed by atoms with Gasteiger partial charge in [-0.05, 0) is 12.5 Å². The maximum Gasteiger partial charge on any atom is 0.169 e. The third-order valence-corrected chi connectivity index (χ3v) is 2.16. The maximum absolute atomic E-state index is 13.4. The highest BCUT2D eigenvalue weighted by atomic mass is 19.1. The normalized spacial score (nSPS) is 15.6. The van der Waals surface area contributed by atoms with Crippen molar-refractivity contribution in [2.75, 3.05) is 12.3 Å². The minimum absolute atomic E-state index is 0.0386. The molecule has 0 spiro atoms. The molecule has 0 aromatic heterocycles. The molecule has 0 aliphatic carbocycles. The number of fused-ring (bicyclic) bond motifs is 1. The van der Waals surface area contributed by atoms with Crippen molar-refractivity contribution in [3.8, 4) is 5.75 Å². The molecule has 0 radical (unpaired) electrons. The maximum atomic E-state index is 13.4. The molecule has 1 aliphatic heterocycles. The van der Waals surface area contributed by atoms with Gasteiger partial charge in [0.1, 0.15) is 11.6 Å². The molecule has 3 nitrogen and oxygen atoms in total. The van der Waals surface area contributed by atoms with Gasteiger partial charge in [-0.2, -0.15) is 0 Å². The zero-order chi connectivity index (χ0) is 10.1. The Labute approximate surface area is 80.7 Å². The van der Waals surface area contributed by atoms with E-state index < -0.39 is 5.82 Å². The van der Waals surface area contributed by atoms with Crippen molar-refractivity contribution in [1.82, 2.24) is 0 Å². The number of carbonyl (C=O) groups is 1. The molecule has 74 valence electrons. The van der Waals surface area contributed by atoms with Gasteiger partial charge in [0.25, 0.3) is 0 Å². The molecule has 1 heterocycles. The van der Waals surface area contributed by atoms with Crippen LogP contribution < -0.4 is 10.5 Å². The van der Waals surface area contributed by atoms with E-state index >= 15 is 0 Å². The van der Waals surface area contributed by atoms with Crippen LogP contribution in [-0.4, -0.2) is 12.4 Å². The van der Waals surface area contributed by atoms with E-state index in [1.54, 1.807) is 0 Å². The fraction of sp³-hybridized carbons (Fsp3) is 0.300. The minimum Gasteiger partial charge on any atom is -0.493 e. The Bertz CT molecular complexity index is 390. The number of carbonyl (C=O) groups excluding carboxylic acids is 1. The smallest absolute Gasteiger partial charge is 0.169 e. The molecule has 2 rings (SSSR count). The molecule has 14 heavy (non-hydrogen) atoms. The van der Waals surface area contributed by atoms with Gasteiger partial charge in [-0.15, -0.1) is 0 Å². The van der Waals surface area contributed by atoms with Gasteiger partial charge in [0, 0.05) is 18.2 Å². The predicted octanol–water partition coefficient (Wildman–Crippen LogP) is 1.76. The standard InChI is InChI=1S/C10H10FNO2/c11-7-4-6(12)5-9-10(7)8(13)2-1-3-14-9/h4-5H,1-3,12H2. The molecule has 0 fully saturated rings. The highest BCUT2D eigenvalue weighted by molar-refractivity contribution is 5.99. The molecule has 0 bridgehead atoms. The monoisotopic (exact) mass is 195 g/mol. The third kappa shape index (κ3) is 1.43. The molecule has 0 unspecified atom stereocenters. The fourth-order valence-corrected chi connectivity index (χ4v) is 1.53. The van der Waals surface area contributed by atoms with Crippen LogP contribution in [0.5, 0.6) is 5.75 Å². The summed E-state index contributed by atoms with van der Waals surface area (Å²) in [6, 6.07) is 2.63. The second-order valence-corrected chi connectivity index (χ2v) is 3.25. The summed E-state index contributed by atoms with van der Waals surface area (Å²) in [4.78, 5) is 11.5. The number of anilines is 1. The molecule has 0 amide bonds. The zero-order valence-corrected chi connectivity index (χ0v) is 7.55. The molecular weight excluding hydrogens is 185 g/mol. The fourth-order valence-electron chi connectivity index (χ4n) is 1.53. The molecule has 1 aliphatic rings. The number of nitrogen functional groups attached to an aromatic ring is 1. The third-order valence-electron chi connectivity index (χ3n) is 2.16. The van der Waals surface area contributed by atoms with E-state index in [-0.39, 0.29) is 22.8 Å². The molecule has 1 aromatic carbocycles. The van der Waals surface area contributed by atoms with Crippen molar-refractivity contribution in [2.24, 2.45) is 0 Å². The van der Waals surface area contributed by atoms with Crippen molar-refractivity contribution in [2.45, 2.75) is 12.8 Å². The summed E-state index contributed by atoms with van der Waals surface area (Å²) in [5, 5.41) is 0. The first-order valence-corrected chi connectivity index (χ1v) is 4.43. The van der Waals surface area contributed by atoms with E-state index in [1.165, 1.54) is 6.07 Å². The first kappa shape index (κ1) is 8.99. The van der Waals surface area contributed by atoms with Crippen LogP contribution >= 0.6 is 0 Å². The van der Waals surface area contributed by atoms with Crippen LogP contribution in [-0.2, 0) is 0 Å². The van der Waals surface area contributed by atoms with Gasteiger partial charge in [0.15, 0.2) is 5.78 Å². The van der Waals surface area contributed by atoms with Crippen LogP contribution in [0, 0.1) is 5.82 Å². The number of halogens is 1. The molecule has 0 saturated carbocycles. The number of nitrogens with two attached hydrogens (primary N) is 1. The SMILES string of the molecule is Nc1cc(F)c2c(c1)OCCCC2=O. The van der Waals surface area contributed by atoms with Gasteiger partial charge in [0.05, 0.1) is 12.2 Å². The van der Waals surface area contributed by atoms with Crippen LogP contribution in [0.4, 0.5) is 10.1 Å². The minimum atomic E-state index is -0.591. The van der Waals surface area contributed by atoms with E-state index in [1.807, 2.05) is 0 Å².